The van der Waals surface area contributed by atoms with E-state index in [9.17, 15) is 13.6 Å². The van der Waals surface area contributed by atoms with Gasteiger partial charge in [-0.05, 0) is 12.1 Å². The molecule has 0 unspecified atom stereocenters. The number of carbonyl (C=O) groups excluding carboxylic acids is 1. The Bertz CT molecular complexity index is 314. The number of pyridine rings is 1. The van der Waals surface area contributed by atoms with Gasteiger partial charge in [-0.15, -0.1) is 0 Å². The zero-order valence-electron chi connectivity index (χ0n) is 7.11. The van der Waals surface area contributed by atoms with E-state index >= 15 is 0 Å². The van der Waals surface area contributed by atoms with Crippen molar-refractivity contribution < 1.29 is 18.3 Å². The van der Waals surface area contributed by atoms with Gasteiger partial charge in [-0.1, -0.05) is 0 Å². The summed E-state index contributed by atoms with van der Waals surface area (Å²) in [6, 6.07) is 2.67. The van der Waals surface area contributed by atoms with E-state index in [2.05, 4.69) is 9.72 Å². The topological polar surface area (TPSA) is 65.2 Å². The van der Waals surface area contributed by atoms with E-state index in [1.807, 2.05) is 0 Å². The second kappa shape index (κ2) is 4.50. The number of halogens is 2. The molecule has 0 fully saturated rings. The maximum Gasteiger partial charge on any atom is 0.272 e. The Labute approximate surface area is 78.7 Å². The van der Waals surface area contributed by atoms with Gasteiger partial charge in [0.25, 0.3) is 12.3 Å². The standard InChI is InChI=1S/C8H8F2N2O2/c9-7(10)4-14-5-1-2-6(8(11)13)12-3-5/h1-3,7H,4H2,(H2,11,13). The third-order valence-corrected chi connectivity index (χ3v) is 1.36. The first-order valence-corrected chi connectivity index (χ1v) is 3.76. The Balaban J connectivity index is 2.60. The Morgan fingerprint density at radius 3 is 2.71 bits per heavy atom. The molecular weight excluding hydrogens is 194 g/mol. The molecule has 76 valence electrons. The van der Waals surface area contributed by atoms with Crippen molar-refractivity contribution in [2.24, 2.45) is 5.73 Å². The highest BCUT2D eigenvalue weighted by molar-refractivity contribution is 5.90. The van der Waals surface area contributed by atoms with Crippen LogP contribution in [0.1, 0.15) is 10.5 Å². The summed E-state index contributed by atoms with van der Waals surface area (Å²) >= 11 is 0. The SMILES string of the molecule is NC(=O)c1ccc(OCC(F)F)cn1. The van der Waals surface area contributed by atoms with Crippen molar-refractivity contribution in [3.63, 3.8) is 0 Å². The molecule has 1 rings (SSSR count). The number of primary amides is 1. The lowest BCUT2D eigenvalue weighted by Crippen LogP contribution is -2.13. The number of nitrogens with zero attached hydrogens (tertiary/aromatic N) is 1. The Hall–Kier alpha value is -1.72. The summed E-state index contributed by atoms with van der Waals surface area (Å²) in [6.45, 7) is -0.697. The van der Waals surface area contributed by atoms with Crippen LogP contribution in [0.3, 0.4) is 0 Å². The van der Waals surface area contributed by atoms with Crippen molar-refractivity contribution in [3.8, 4) is 5.75 Å². The van der Waals surface area contributed by atoms with Gasteiger partial charge in [-0.25, -0.2) is 13.8 Å². The van der Waals surface area contributed by atoms with Gasteiger partial charge in [0, 0.05) is 0 Å². The fourth-order valence-corrected chi connectivity index (χ4v) is 0.771. The molecule has 2 N–H and O–H groups in total. The van der Waals surface area contributed by atoms with Crippen LogP contribution in [0.2, 0.25) is 0 Å². The molecule has 0 aliphatic heterocycles. The third kappa shape index (κ3) is 2.96. The predicted molar refractivity (Wildman–Crippen MR) is 44.3 cm³/mol. The van der Waals surface area contributed by atoms with Crippen LogP contribution < -0.4 is 10.5 Å². The van der Waals surface area contributed by atoms with E-state index < -0.39 is 18.9 Å². The van der Waals surface area contributed by atoms with Gasteiger partial charge in [-0.3, -0.25) is 4.79 Å². The molecule has 0 aromatic carbocycles. The maximum atomic E-state index is 11.7. The number of ether oxygens (including phenoxy) is 1. The van der Waals surface area contributed by atoms with Gasteiger partial charge < -0.3 is 10.5 Å². The van der Waals surface area contributed by atoms with Gasteiger partial charge in [0.1, 0.15) is 18.1 Å². The van der Waals surface area contributed by atoms with Crippen LogP contribution in [-0.4, -0.2) is 23.9 Å². The number of rotatable bonds is 4. The lowest BCUT2D eigenvalue weighted by molar-refractivity contribution is 0.0816. The lowest BCUT2D eigenvalue weighted by Gasteiger charge is -2.04. The molecule has 1 heterocycles. The number of hydrogen-bond acceptors (Lipinski definition) is 3. The average molecular weight is 202 g/mol. The Morgan fingerprint density at radius 1 is 1.57 bits per heavy atom. The molecule has 0 saturated heterocycles. The first-order valence-electron chi connectivity index (χ1n) is 3.76. The first-order chi connectivity index (χ1) is 6.59. The molecule has 14 heavy (non-hydrogen) atoms. The van der Waals surface area contributed by atoms with E-state index in [4.69, 9.17) is 5.73 Å². The van der Waals surface area contributed by atoms with Crippen LogP contribution >= 0.6 is 0 Å². The van der Waals surface area contributed by atoms with Crippen LogP contribution in [0.5, 0.6) is 5.75 Å². The number of aromatic nitrogens is 1. The minimum Gasteiger partial charge on any atom is -0.486 e. The largest absolute Gasteiger partial charge is 0.486 e. The van der Waals surface area contributed by atoms with Crippen LogP contribution in [0.25, 0.3) is 0 Å². The van der Waals surface area contributed by atoms with Gasteiger partial charge >= 0.3 is 0 Å². The number of alkyl halides is 2. The molecule has 6 heteroatoms. The summed E-state index contributed by atoms with van der Waals surface area (Å²) in [6.07, 6.45) is -1.37. The molecule has 0 bridgehead atoms. The smallest absolute Gasteiger partial charge is 0.272 e. The van der Waals surface area contributed by atoms with Crippen molar-refractivity contribution in [1.29, 1.82) is 0 Å². The zero-order chi connectivity index (χ0) is 10.6. The fourth-order valence-electron chi connectivity index (χ4n) is 0.771. The van der Waals surface area contributed by atoms with Crippen molar-refractivity contribution in [1.82, 2.24) is 4.98 Å². The monoisotopic (exact) mass is 202 g/mol. The summed E-state index contributed by atoms with van der Waals surface area (Å²) in [5, 5.41) is 0. The molecule has 1 amide bonds. The lowest BCUT2D eigenvalue weighted by atomic mass is 10.3. The maximum absolute atomic E-state index is 11.7. The minimum atomic E-state index is -2.54. The molecule has 1 aromatic rings. The Morgan fingerprint density at radius 2 is 2.29 bits per heavy atom. The Kier molecular flexibility index (Phi) is 3.33. The quantitative estimate of drug-likeness (QED) is 0.786. The number of nitrogens with two attached hydrogens (primary N) is 1. The molecular formula is C8H8F2N2O2. The van der Waals surface area contributed by atoms with E-state index in [1.54, 1.807) is 0 Å². The van der Waals surface area contributed by atoms with Crippen LogP contribution in [0.4, 0.5) is 8.78 Å². The highest BCUT2D eigenvalue weighted by Gasteiger charge is 2.05. The summed E-state index contributed by atoms with van der Waals surface area (Å²) in [5.74, 6) is -0.499. The molecule has 1 aromatic heterocycles. The van der Waals surface area contributed by atoms with Gasteiger partial charge in [-0.2, -0.15) is 0 Å². The normalized spacial score (nSPS) is 10.2. The average Bonchev–Trinajstić information content (AvgIpc) is 2.15. The van der Waals surface area contributed by atoms with Crippen molar-refractivity contribution >= 4 is 5.91 Å². The number of carbonyl (C=O) groups is 1. The number of amides is 1. The zero-order valence-corrected chi connectivity index (χ0v) is 7.11. The predicted octanol–water partition coefficient (Wildman–Crippen LogP) is 0.824. The minimum absolute atomic E-state index is 0.0643. The van der Waals surface area contributed by atoms with Gasteiger partial charge in [0.05, 0.1) is 6.20 Å². The van der Waals surface area contributed by atoms with Crippen molar-refractivity contribution in [2.45, 2.75) is 6.43 Å². The highest BCUT2D eigenvalue weighted by Crippen LogP contribution is 2.09. The molecule has 0 saturated carbocycles. The molecule has 0 aliphatic rings. The van der Waals surface area contributed by atoms with E-state index in [0.717, 1.165) is 0 Å². The van der Waals surface area contributed by atoms with E-state index in [1.165, 1.54) is 18.3 Å². The summed E-state index contributed by atoms with van der Waals surface area (Å²) in [5.41, 5.74) is 4.99. The highest BCUT2D eigenvalue weighted by atomic mass is 19.3. The molecule has 0 spiro atoms. The summed E-state index contributed by atoms with van der Waals surface area (Å²) in [7, 11) is 0. The van der Waals surface area contributed by atoms with Crippen molar-refractivity contribution in [3.05, 3.63) is 24.0 Å². The molecule has 0 atom stereocenters. The van der Waals surface area contributed by atoms with Crippen LogP contribution in [-0.2, 0) is 0 Å². The second-order valence-electron chi connectivity index (χ2n) is 2.45. The molecule has 0 aliphatic carbocycles. The third-order valence-electron chi connectivity index (χ3n) is 1.36. The second-order valence-corrected chi connectivity index (χ2v) is 2.45. The molecule has 4 nitrogen and oxygen atoms in total. The van der Waals surface area contributed by atoms with E-state index in [-0.39, 0.29) is 11.4 Å². The summed E-state index contributed by atoms with van der Waals surface area (Å²) < 4.78 is 28.1. The van der Waals surface area contributed by atoms with Crippen LogP contribution in [0, 0.1) is 0 Å². The number of hydrogen-bond donors (Lipinski definition) is 1. The first kappa shape index (κ1) is 10.4. The van der Waals surface area contributed by atoms with E-state index in [0.29, 0.717) is 0 Å². The molecule has 0 radical (unpaired) electrons. The van der Waals surface area contributed by atoms with Crippen molar-refractivity contribution in [2.75, 3.05) is 6.61 Å². The summed E-state index contributed by atoms with van der Waals surface area (Å²) in [4.78, 5) is 14.2. The fraction of sp³-hybridized carbons (Fsp3) is 0.250. The van der Waals surface area contributed by atoms with Gasteiger partial charge in [0.15, 0.2) is 0 Å². The van der Waals surface area contributed by atoms with Gasteiger partial charge in [0.2, 0.25) is 0 Å². The van der Waals surface area contributed by atoms with Crippen LogP contribution in [0.15, 0.2) is 18.3 Å².